The molecule has 0 atom stereocenters. The fourth-order valence-corrected chi connectivity index (χ4v) is 3.93. The predicted octanol–water partition coefficient (Wildman–Crippen LogP) is 5.57. The second kappa shape index (κ2) is 7.11. The Balaban J connectivity index is 1.65. The molecule has 0 spiro atoms. The number of rotatable bonds is 4. The van der Waals surface area contributed by atoms with Crippen LogP contribution in [0.5, 0.6) is 0 Å². The van der Waals surface area contributed by atoms with Crippen LogP contribution in [0, 0.1) is 0 Å². The van der Waals surface area contributed by atoms with Gasteiger partial charge in [0.25, 0.3) is 5.56 Å². The number of anilines is 1. The summed E-state index contributed by atoms with van der Waals surface area (Å²) in [5.74, 6) is 0.419. The van der Waals surface area contributed by atoms with Crippen molar-refractivity contribution in [2.45, 2.75) is 6.54 Å². The van der Waals surface area contributed by atoms with Gasteiger partial charge in [0.05, 0.1) is 5.52 Å². The molecule has 0 saturated heterocycles. The van der Waals surface area contributed by atoms with E-state index in [2.05, 4.69) is 15.3 Å². The van der Waals surface area contributed by atoms with Crippen molar-refractivity contribution in [2.24, 2.45) is 0 Å². The third kappa shape index (κ3) is 3.46. The van der Waals surface area contributed by atoms with Gasteiger partial charge in [-0.1, -0.05) is 53.5 Å². The standard InChI is InChI=1S/C19H13Cl2N3OS/c20-13-7-5-11(6-8-13)16-9-15-17(26-16)18(25)24-19(23-15)22-10-12-3-1-2-4-14(12)21/h1-9H,10H2,(H2,22,23,24,25). The van der Waals surface area contributed by atoms with Crippen LogP contribution in [-0.4, -0.2) is 9.97 Å². The maximum absolute atomic E-state index is 12.4. The van der Waals surface area contributed by atoms with Gasteiger partial charge in [0.2, 0.25) is 5.95 Å². The van der Waals surface area contributed by atoms with E-state index in [1.54, 1.807) is 0 Å². The molecule has 2 aromatic carbocycles. The van der Waals surface area contributed by atoms with Crippen molar-refractivity contribution in [3.63, 3.8) is 0 Å². The Kier molecular flexibility index (Phi) is 4.68. The van der Waals surface area contributed by atoms with Gasteiger partial charge < -0.3 is 5.32 Å². The van der Waals surface area contributed by atoms with Crippen LogP contribution < -0.4 is 10.9 Å². The largest absolute Gasteiger partial charge is 0.352 e. The van der Waals surface area contributed by atoms with Gasteiger partial charge in [-0.15, -0.1) is 11.3 Å². The molecule has 2 N–H and O–H groups in total. The first-order valence-corrected chi connectivity index (χ1v) is 9.44. The zero-order valence-electron chi connectivity index (χ0n) is 13.4. The van der Waals surface area contributed by atoms with Gasteiger partial charge in [-0.25, -0.2) is 4.98 Å². The minimum absolute atomic E-state index is 0.165. The highest BCUT2D eigenvalue weighted by atomic mass is 35.5. The fourth-order valence-electron chi connectivity index (χ4n) is 2.60. The minimum atomic E-state index is -0.165. The number of halogens is 2. The summed E-state index contributed by atoms with van der Waals surface area (Å²) in [5, 5.41) is 4.48. The van der Waals surface area contributed by atoms with E-state index in [1.807, 2.05) is 54.6 Å². The van der Waals surface area contributed by atoms with Gasteiger partial charge in [-0.05, 0) is 35.4 Å². The van der Waals surface area contributed by atoms with Gasteiger partial charge in [0.15, 0.2) is 0 Å². The van der Waals surface area contributed by atoms with Gasteiger partial charge in [-0.3, -0.25) is 9.78 Å². The van der Waals surface area contributed by atoms with Gasteiger partial charge >= 0.3 is 0 Å². The molecule has 0 bridgehead atoms. The number of nitrogens with zero attached hydrogens (tertiary/aromatic N) is 1. The van der Waals surface area contributed by atoms with E-state index in [0.29, 0.717) is 32.8 Å². The highest BCUT2D eigenvalue weighted by molar-refractivity contribution is 7.22. The van der Waals surface area contributed by atoms with E-state index in [9.17, 15) is 4.79 Å². The first-order valence-electron chi connectivity index (χ1n) is 7.87. The first kappa shape index (κ1) is 17.1. The number of aromatic amines is 1. The molecule has 4 nitrogen and oxygen atoms in total. The summed E-state index contributed by atoms with van der Waals surface area (Å²) < 4.78 is 0.596. The molecule has 2 heterocycles. The van der Waals surface area contributed by atoms with Crippen LogP contribution in [0.15, 0.2) is 59.4 Å². The van der Waals surface area contributed by atoms with E-state index in [-0.39, 0.29) is 5.56 Å². The van der Waals surface area contributed by atoms with Crippen LogP contribution in [0.2, 0.25) is 10.0 Å². The summed E-state index contributed by atoms with van der Waals surface area (Å²) in [6, 6.07) is 17.0. The average molecular weight is 402 g/mol. The van der Waals surface area contributed by atoms with E-state index in [0.717, 1.165) is 16.0 Å². The maximum atomic E-state index is 12.4. The number of nitrogens with one attached hydrogen (secondary N) is 2. The third-order valence-electron chi connectivity index (χ3n) is 3.92. The Bertz CT molecular complexity index is 1140. The Morgan fingerprint density at radius 1 is 1.08 bits per heavy atom. The monoisotopic (exact) mass is 401 g/mol. The molecule has 0 aliphatic heterocycles. The lowest BCUT2D eigenvalue weighted by atomic mass is 10.2. The van der Waals surface area contributed by atoms with E-state index in [1.165, 1.54) is 11.3 Å². The first-order chi connectivity index (χ1) is 12.6. The summed E-state index contributed by atoms with van der Waals surface area (Å²) in [6.07, 6.45) is 0. The van der Waals surface area contributed by atoms with Crippen molar-refractivity contribution in [2.75, 3.05) is 5.32 Å². The van der Waals surface area contributed by atoms with Crippen molar-refractivity contribution in [3.8, 4) is 10.4 Å². The highest BCUT2D eigenvalue weighted by Crippen LogP contribution is 2.31. The molecule has 0 aliphatic rings. The van der Waals surface area contributed by atoms with Crippen LogP contribution in [0.25, 0.3) is 20.7 Å². The molecule has 0 aliphatic carbocycles. The van der Waals surface area contributed by atoms with E-state index >= 15 is 0 Å². The average Bonchev–Trinajstić information content (AvgIpc) is 3.06. The van der Waals surface area contributed by atoms with Gasteiger partial charge in [0, 0.05) is 21.5 Å². The number of fused-ring (bicyclic) bond motifs is 1. The molecule has 2 aromatic heterocycles. The zero-order valence-corrected chi connectivity index (χ0v) is 15.8. The SMILES string of the molecule is O=c1[nH]c(NCc2ccccc2Cl)nc2cc(-c3ccc(Cl)cc3)sc12. The lowest BCUT2D eigenvalue weighted by Crippen LogP contribution is -2.12. The Labute approximate surface area is 163 Å². The number of H-pyrrole nitrogens is 1. The molecule has 0 unspecified atom stereocenters. The number of hydrogen-bond acceptors (Lipinski definition) is 4. The molecule has 130 valence electrons. The van der Waals surface area contributed by atoms with Crippen LogP contribution >= 0.6 is 34.5 Å². The van der Waals surface area contributed by atoms with Crippen molar-refractivity contribution in [1.82, 2.24) is 9.97 Å². The Hall–Kier alpha value is -2.34. The van der Waals surface area contributed by atoms with Crippen molar-refractivity contribution in [1.29, 1.82) is 0 Å². The number of hydrogen-bond donors (Lipinski definition) is 2. The molecular weight excluding hydrogens is 389 g/mol. The summed E-state index contributed by atoms with van der Waals surface area (Å²) in [6.45, 7) is 0.475. The van der Waals surface area contributed by atoms with Crippen LogP contribution in [-0.2, 0) is 6.54 Å². The van der Waals surface area contributed by atoms with Gasteiger partial charge in [0.1, 0.15) is 4.70 Å². The zero-order chi connectivity index (χ0) is 18.1. The smallest absolute Gasteiger partial charge is 0.270 e. The molecular formula is C19H13Cl2N3OS. The van der Waals surface area contributed by atoms with Crippen LogP contribution in [0.4, 0.5) is 5.95 Å². The summed E-state index contributed by atoms with van der Waals surface area (Å²) in [5.41, 5.74) is 2.43. The second-order valence-corrected chi connectivity index (χ2v) is 7.59. The summed E-state index contributed by atoms with van der Waals surface area (Å²) in [4.78, 5) is 20.7. The summed E-state index contributed by atoms with van der Waals surface area (Å²) in [7, 11) is 0. The van der Waals surface area contributed by atoms with Gasteiger partial charge in [-0.2, -0.15) is 0 Å². The van der Waals surface area contributed by atoms with Crippen molar-refractivity contribution < 1.29 is 0 Å². The molecule has 4 rings (SSSR count). The molecule has 7 heteroatoms. The predicted molar refractivity (Wildman–Crippen MR) is 109 cm³/mol. The molecule has 0 saturated carbocycles. The maximum Gasteiger partial charge on any atom is 0.270 e. The Morgan fingerprint density at radius 2 is 1.85 bits per heavy atom. The third-order valence-corrected chi connectivity index (χ3v) is 5.71. The lowest BCUT2D eigenvalue weighted by Gasteiger charge is -2.06. The highest BCUT2D eigenvalue weighted by Gasteiger charge is 2.10. The number of thiophene rings is 1. The van der Waals surface area contributed by atoms with Crippen LogP contribution in [0.1, 0.15) is 5.56 Å². The summed E-state index contributed by atoms with van der Waals surface area (Å²) >= 11 is 13.5. The van der Waals surface area contributed by atoms with Crippen molar-refractivity contribution >= 4 is 50.7 Å². The lowest BCUT2D eigenvalue weighted by molar-refractivity contribution is 1.06. The molecule has 0 amide bonds. The molecule has 0 radical (unpaired) electrons. The minimum Gasteiger partial charge on any atom is -0.352 e. The van der Waals surface area contributed by atoms with E-state index in [4.69, 9.17) is 23.2 Å². The quantitative estimate of drug-likeness (QED) is 0.469. The molecule has 0 fully saturated rings. The van der Waals surface area contributed by atoms with E-state index < -0.39 is 0 Å². The van der Waals surface area contributed by atoms with Crippen molar-refractivity contribution in [3.05, 3.63) is 80.6 Å². The molecule has 4 aromatic rings. The molecule has 26 heavy (non-hydrogen) atoms. The fraction of sp³-hybridized carbons (Fsp3) is 0.0526. The normalized spacial score (nSPS) is 11.0. The number of aromatic nitrogens is 2. The number of benzene rings is 2. The Morgan fingerprint density at radius 3 is 2.62 bits per heavy atom. The second-order valence-electron chi connectivity index (χ2n) is 5.69. The van der Waals surface area contributed by atoms with Crippen LogP contribution in [0.3, 0.4) is 0 Å². The topological polar surface area (TPSA) is 57.8 Å².